The summed E-state index contributed by atoms with van der Waals surface area (Å²) in [6.45, 7) is 7.77. The molecule has 11 nitrogen and oxygen atoms in total. The van der Waals surface area contributed by atoms with Gasteiger partial charge in [-0.05, 0) is 63.9 Å². The first-order valence-electron chi connectivity index (χ1n) is 12.5. The van der Waals surface area contributed by atoms with E-state index in [2.05, 4.69) is 31.4 Å². The fourth-order valence-corrected chi connectivity index (χ4v) is 5.19. The van der Waals surface area contributed by atoms with Gasteiger partial charge in [-0.3, -0.25) is 19.1 Å². The summed E-state index contributed by atoms with van der Waals surface area (Å²) in [5, 5.41) is 11.6. The fourth-order valence-electron chi connectivity index (χ4n) is 4.94. The Balaban J connectivity index is 1.67. The summed E-state index contributed by atoms with van der Waals surface area (Å²) < 4.78 is 5.34. The van der Waals surface area contributed by atoms with Gasteiger partial charge in [0.05, 0.1) is 17.9 Å². The summed E-state index contributed by atoms with van der Waals surface area (Å²) in [7, 11) is 3.18. The number of nitrogens with zero attached hydrogens (tertiary/aromatic N) is 7. The number of hydrogen-bond donors (Lipinski definition) is 1. The molecule has 0 saturated carbocycles. The zero-order chi connectivity index (χ0) is 28.2. The van der Waals surface area contributed by atoms with Gasteiger partial charge in [0, 0.05) is 47.5 Å². The van der Waals surface area contributed by atoms with E-state index in [1.165, 1.54) is 16.3 Å². The van der Waals surface area contributed by atoms with Crippen molar-refractivity contribution in [2.75, 3.05) is 7.05 Å². The highest BCUT2D eigenvalue weighted by Gasteiger charge is 2.33. The SMILES string of the molecule is CNC(=O)c1cc(-n2c(-n3nc(C)cc3C)nc3c(c2=O)CC(C)N(C(=O)c2ccc(Br)c(C)c2)C3)nn1C. The molecule has 5 rings (SSSR count). The maximum absolute atomic E-state index is 14.1. The molecule has 2 amide bonds. The minimum Gasteiger partial charge on any atom is -0.354 e. The summed E-state index contributed by atoms with van der Waals surface area (Å²) in [5.74, 6) is 0.0546. The van der Waals surface area contributed by atoms with Gasteiger partial charge in [-0.25, -0.2) is 14.2 Å². The van der Waals surface area contributed by atoms with Crippen LogP contribution >= 0.6 is 15.9 Å². The van der Waals surface area contributed by atoms with Crippen LogP contribution in [0.1, 0.15) is 56.0 Å². The van der Waals surface area contributed by atoms with E-state index in [9.17, 15) is 14.4 Å². The van der Waals surface area contributed by atoms with Crippen LogP contribution in [0.5, 0.6) is 0 Å². The topological polar surface area (TPSA) is 120 Å². The van der Waals surface area contributed by atoms with Gasteiger partial charge in [0.2, 0.25) is 5.95 Å². The Morgan fingerprint density at radius 2 is 1.85 bits per heavy atom. The van der Waals surface area contributed by atoms with Gasteiger partial charge >= 0.3 is 0 Å². The third kappa shape index (κ3) is 4.58. The average Bonchev–Trinajstić information content (AvgIpc) is 3.45. The molecule has 0 spiro atoms. The van der Waals surface area contributed by atoms with E-state index in [1.54, 1.807) is 28.8 Å². The van der Waals surface area contributed by atoms with Gasteiger partial charge in [0.25, 0.3) is 17.4 Å². The molecule has 0 fully saturated rings. The number of nitrogens with one attached hydrogen (secondary N) is 1. The minimum absolute atomic E-state index is 0.123. The molecule has 3 aromatic heterocycles. The molecule has 1 aliphatic heterocycles. The lowest BCUT2D eigenvalue weighted by Gasteiger charge is -2.34. The zero-order valence-electron chi connectivity index (χ0n) is 22.6. The molecule has 1 aromatic carbocycles. The van der Waals surface area contributed by atoms with Crippen molar-refractivity contribution in [1.82, 2.24) is 39.3 Å². The zero-order valence-corrected chi connectivity index (χ0v) is 24.2. The van der Waals surface area contributed by atoms with E-state index < -0.39 is 0 Å². The smallest absolute Gasteiger partial charge is 0.269 e. The van der Waals surface area contributed by atoms with Gasteiger partial charge in [0.1, 0.15) is 5.69 Å². The number of hydrogen-bond acceptors (Lipinski definition) is 6. The van der Waals surface area contributed by atoms with Crippen LogP contribution in [0, 0.1) is 20.8 Å². The standard InChI is InChI=1S/C27H29BrN8O3/c1-14-9-18(7-8-20(14)28)25(38)34-13-21-19(11-16(34)3)26(39)35(23-12-22(24(37)29-5)33(6)32-23)27(30-21)36-17(4)10-15(2)31-36/h7-10,12,16H,11,13H2,1-6H3,(H,29,37). The number of aryl methyl sites for hydroxylation is 4. The third-order valence-electron chi connectivity index (χ3n) is 7.02. The summed E-state index contributed by atoms with van der Waals surface area (Å²) in [6.07, 6.45) is 0.328. The first-order chi connectivity index (χ1) is 18.5. The number of benzene rings is 1. The summed E-state index contributed by atoms with van der Waals surface area (Å²) in [6, 6.07) is 8.72. The Hall–Kier alpha value is -4.06. The number of halogens is 1. The number of carbonyl (C=O) groups excluding carboxylic acids is 2. The largest absolute Gasteiger partial charge is 0.354 e. The van der Waals surface area contributed by atoms with E-state index in [4.69, 9.17) is 4.98 Å². The van der Waals surface area contributed by atoms with Crippen molar-refractivity contribution in [3.63, 3.8) is 0 Å². The number of carbonyl (C=O) groups is 2. The van der Waals surface area contributed by atoms with Crippen molar-refractivity contribution in [1.29, 1.82) is 0 Å². The molecule has 0 saturated heterocycles. The summed E-state index contributed by atoms with van der Waals surface area (Å²) >= 11 is 3.49. The normalized spacial score (nSPS) is 14.8. The number of amides is 2. The molecule has 0 radical (unpaired) electrons. The number of fused-ring (bicyclic) bond motifs is 1. The van der Waals surface area contributed by atoms with Gasteiger partial charge in [-0.1, -0.05) is 15.9 Å². The lowest BCUT2D eigenvalue weighted by atomic mass is 9.98. The second-order valence-corrected chi connectivity index (χ2v) is 10.7. The van der Waals surface area contributed by atoms with Crippen molar-refractivity contribution in [2.24, 2.45) is 7.05 Å². The minimum atomic E-state index is -0.325. The third-order valence-corrected chi connectivity index (χ3v) is 7.91. The molecule has 0 aliphatic carbocycles. The van der Waals surface area contributed by atoms with Crippen LogP contribution in [0.3, 0.4) is 0 Å². The average molecular weight is 593 g/mol. The fraction of sp³-hybridized carbons (Fsp3) is 0.333. The van der Waals surface area contributed by atoms with Gasteiger partial charge in [-0.2, -0.15) is 10.2 Å². The van der Waals surface area contributed by atoms with Gasteiger partial charge in [-0.15, -0.1) is 0 Å². The van der Waals surface area contributed by atoms with Gasteiger partial charge in [0.15, 0.2) is 5.82 Å². The maximum atomic E-state index is 14.1. The van der Waals surface area contributed by atoms with Gasteiger partial charge < -0.3 is 10.2 Å². The molecule has 202 valence electrons. The highest BCUT2D eigenvalue weighted by atomic mass is 79.9. The first-order valence-corrected chi connectivity index (χ1v) is 13.3. The predicted molar refractivity (Wildman–Crippen MR) is 149 cm³/mol. The van der Waals surface area contributed by atoms with Crippen molar-refractivity contribution < 1.29 is 9.59 Å². The molecular weight excluding hydrogens is 564 g/mol. The molecule has 0 bridgehead atoms. The van der Waals surface area contributed by atoms with Crippen LogP contribution in [-0.4, -0.2) is 58.9 Å². The molecule has 4 aromatic rings. The summed E-state index contributed by atoms with van der Waals surface area (Å²) in [5.41, 5.74) is 4.09. The van der Waals surface area contributed by atoms with E-state index in [1.807, 2.05) is 45.9 Å². The van der Waals surface area contributed by atoms with E-state index in [-0.39, 0.29) is 41.7 Å². The molecule has 12 heteroatoms. The van der Waals surface area contributed by atoms with Crippen molar-refractivity contribution in [2.45, 2.75) is 46.7 Å². The Bertz CT molecular complexity index is 1700. The van der Waals surface area contributed by atoms with E-state index in [0.717, 1.165) is 21.4 Å². The molecule has 1 N–H and O–H groups in total. The highest BCUT2D eigenvalue weighted by molar-refractivity contribution is 9.10. The molecule has 39 heavy (non-hydrogen) atoms. The van der Waals surface area contributed by atoms with Crippen LogP contribution in [0.4, 0.5) is 0 Å². The second-order valence-electron chi connectivity index (χ2n) is 9.86. The van der Waals surface area contributed by atoms with Crippen LogP contribution < -0.4 is 10.9 Å². The molecule has 1 atom stereocenters. The van der Waals surface area contributed by atoms with Crippen molar-refractivity contribution >= 4 is 27.7 Å². The Labute approximate surface area is 233 Å². The van der Waals surface area contributed by atoms with Crippen LogP contribution in [0.25, 0.3) is 11.8 Å². The first kappa shape index (κ1) is 26.5. The molecule has 4 heterocycles. The summed E-state index contributed by atoms with van der Waals surface area (Å²) in [4.78, 5) is 46.6. The van der Waals surface area contributed by atoms with Crippen LogP contribution in [0.2, 0.25) is 0 Å². The van der Waals surface area contributed by atoms with E-state index >= 15 is 0 Å². The lowest BCUT2D eigenvalue weighted by molar-refractivity contribution is 0.0652. The second kappa shape index (κ2) is 9.92. The number of aromatic nitrogens is 6. The quantitative estimate of drug-likeness (QED) is 0.389. The Morgan fingerprint density at radius 1 is 1.10 bits per heavy atom. The lowest BCUT2D eigenvalue weighted by Crippen LogP contribution is -2.46. The predicted octanol–water partition coefficient (Wildman–Crippen LogP) is 2.79. The molecule has 1 unspecified atom stereocenters. The molecule has 1 aliphatic rings. The Morgan fingerprint density at radius 3 is 2.49 bits per heavy atom. The van der Waals surface area contributed by atoms with Crippen molar-refractivity contribution in [3.8, 4) is 11.8 Å². The molecular formula is C27H29BrN8O3. The monoisotopic (exact) mass is 592 g/mol. The van der Waals surface area contributed by atoms with E-state index in [0.29, 0.717) is 28.9 Å². The number of rotatable bonds is 4. The highest BCUT2D eigenvalue weighted by Crippen LogP contribution is 2.26. The van der Waals surface area contributed by atoms with Crippen LogP contribution in [-0.2, 0) is 20.0 Å². The van der Waals surface area contributed by atoms with Crippen molar-refractivity contribution in [3.05, 3.63) is 84.6 Å². The Kier molecular flexibility index (Phi) is 6.75. The van der Waals surface area contributed by atoms with Crippen LogP contribution in [0.15, 0.2) is 39.6 Å². The maximum Gasteiger partial charge on any atom is 0.269 e.